The van der Waals surface area contributed by atoms with E-state index in [1.54, 1.807) is 20.8 Å². The Kier molecular flexibility index (Phi) is 13.4. The Morgan fingerprint density at radius 1 is 1.34 bits per heavy atom. The van der Waals surface area contributed by atoms with E-state index in [2.05, 4.69) is 28.2 Å². The van der Waals surface area contributed by atoms with Gasteiger partial charge in [-0.2, -0.15) is 0 Å². The molecule has 202 valence electrons. The van der Waals surface area contributed by atoms with Gasteiger partial charge in [0, 0.05) is 24.4 Å². The van der Waals surface area contributed by atoms with Crippen LogP contribution in [0.3, 0.4) is 0 Å². The van der Waals surface area contributed by atoms with Gasteiger partial charge in [0.15, 0.2) is 0 Å². The Balaban J connectivity index is 0.000000375. The van der Waals surface area contributed by atoms with Crippen molar-refractivity contribution >= 4 is 27.7 Å². The van der Waals surface area contributed by atoms with Gasteiger partial charge < -0.3 is 21.3 Å². The molecule has 35 heavy (non-hydrogen) atoms. The van der Waals surface area contributed by atoms with Crippen molar-refractivity contribution in [1.82, 2.24) is 9.62 Å². The average Bonchev–Trinajstić information content (AvgIpc) is 3.18. The van der Waals surface area contributed by atoms with Crippen molar-refractivity contribution in [3.63, 3.8) is 0 Å². The number of allylic oxidation sites excluding steroid dienone is 3. The van der Waals surface area contributed by atoms with Gasteiger partial charge in [-0.15, -0.1) is 11.8 Å². The zero-order valence-electron chi connectivity index (χ0n) is 22.1. The first-order valence-corrected chi connectivity index (χ1v) is 14.5. The number of aliphatic hydroxyl groups excluding tert-OH is 1. The number of rotatable bonds is 9. The van der Waals surface area contributed by atoms with Crippen LogP contribution in [0.15, 0.2) is 39.5 Å². The second kappa shape index (κ2) is 14.9. The summed E-state index contributed by atoms with van der Waals surface area (Å²) in [5.41, 5.74) is 12.3. The molecule has 11 heteroatoms. The first-order chi connectivity index (χ1) is 16.4. The van der Waals surface area contributed by atoms with E-state index in [0.29, 0.717) is 36.0 Å². The molecular formula is C24H45N5O4S2. The molecule has 1 saturated carbocycles. The summed E-state index contributed by atoms with van der Waals surface area (Å²) >= 11 is 1.93. The maximum Gasteiger partial charge on any atom is 0.264 e. The number of nitrogens with one attached hydrogen (secondary N) is 1. The van der Waals surface area contributed by atoms with Crippen LogP contribution < -0.4 is 16.2 Å². The molecule has 2 aliphatic rings. The largest absolute Gasteiger partial charge is 0.497 e. The Labute approximate surface area is 216 Å². The molecule has 0 aromatic carbocycles. The highest BCUT2D eigenvalue weighted by molar-refractivity contribution is 8.00. The number of fused-ring (bicyclic) bond motifs is 1. The zero-order chi connectivity index (χ0) is 26.8. The number of aliphatic hydroxyl groups is 1. The Hall–Kier alpha value is -1.53. The summed E-state index contributed by atoms with van der Waals surface area (Å²) in [7, 11) is -0.173. The minimum absolute atomic E-state index is 0.118. The summed E-state index contributed by atoms with van der Waals surface area (Å²) in [6.07, 6.45) is 7.22. The van der Waals surface area contributed by atoms with Crippen LogP contribution in [-0.2, 0) is 14.8 Å². The number of ether oxygens (including phenoxy) is 1. The van der Waals surface area contributed by atoms with Gasteiger partial charge in [0.25, 0.3) is 10.0 Å². The highest BCUT2D eigenvalue weighted by atomic mass is 32.2. The van der Waals surface area contributed by atoms with E-state index in [4.69, 9.17) is 16.2 Å². The lowest BCUT2D eigenvalue weighted by molar-refractivity contribution is 0.0945. The van der Waals surface area contributed by atoms with E-state index < -0.39 is 10.0 Å². The van der Waals surface area contributed by atoms with Crippen molar-refractivity contribution in [2.24, 2.45) is 16.5 Å². The van der Waals surface area contributed by atoms with Gasteiger partial charge in [-0.3, -0.25) is 9.89 Å². The molecule has 0 aromatic rings. The molecule has 2 rings (SSSR count). The van der Waals surface area contributed by atoms with Gasteiger partial charge in [-0.05, 0) is 58.2 Å². The van der Waals surface area contributed by atoms with E-state index in [1.807, 2.05) is 18.7 Å². The molecule has 4 atom stereocenters. The Morgan fingerprint density at radius 2 is 1.97 bits per heavy atom. The third-order valence-corrected chi connectivity index (χ3v) is 9.79. The molecule has 0 radical (unpaired) electrons. The molecule has 0 spiro atoms. The maximum absolute atomic E-state index is 12.3. The number of hydrogen-bond donors (Lipinski definition) is 4. The molecule has 9 nitrogen and oxygen atoms in total. The minimum Gasteiger partial charge on any atom is -0.497 e. The number of guanidine groups is 1. The number of thioether (sulfide) groups is 1. The second-order valence-corrected chi connectivity index (χ2v) is 11.8. The third kappa shape index (κ3) is 8.82. The van der Waals surface area contributed by atoms with Crippen molar-refractivity contribution in [2.45, 2.75) is 82.6 Å². The van der Waals surface area contributed by atoms with E-state index >= 15 is 0 Å². The van der Waals surface area contributed by atoms with Gasteiger partial charge in [0.1, 0.15) is 5.76 Å². The molecule has 1 heterocycles. The summed E-state index contributed by atoms with van der Waals surface area (Å²) in [6.45, 7) is 11.6. The van der Waals surface area contributed by atoms with E-state index in [1.165, 1.54) is 38.9 Å². The number of nitrogens with zero attached hydrogens (tertiary/aromatic N) is 2. The van der Waals surface area contributed by atoms with Crippen LogP contribution in [-0.4, -0.2) is 74.4 Å². The molecule has 0 aromatic heterocycles. The second-order valence-electron chi connectivity index (χ2n) is 8.79. The van der Waals surface area contributed by atoms with Gasteiger partial charge in [-0.25, -0.2) is 13.1 Å². The van der Waals surface area contributed by atoms with Crippen LogP contribution in [0.25, 0.3) is 0 Å². The van der Waals surface area contributed by atoms with E-state index in [9.17, 15) is 13.5 Å². The van der Waals surface area contributed by atoms with Crippen LogP contribution in [0.1, 0.15) is 59.8 Å². The Bertz CT molecular complexity index is 902. The van der Waals surface area contributed by atoms with Crippen molar-refractivity contribution in [3.8, 4) is 0 Å². The van der Waals surface area contributed by atoms with Crippen LogP contribution in [0.2, 0.25) is 0 Å². The molecule has 1 aliphatic carbocycles. The zero-order valence-corrected chi connectivity index (χ0v) is 23.7. The number of nitrogens with two attached hydrogens (primary N) is 2. The molecule has 4 unspecified atom stereocenters. The highest BCUT2D eigenvalue weighted by Crippen LogP contribution is 2.43. The van der Waals surface area contributed by atoms with Crippen molar-refractivity contribution in [3.05, 3.63) is 34.5 Å². The van der Waals surface area contributed by atoms with E-state index in [0.717, 1.165) is 11.7 Å². The van der Waals surface area contributed by atoms with Gasteiger partial charge in [0.2, 0.25) is 5.96 Å². The normalized spacial score (nSPS) is 25.1. The monoisotopic (exact) mass is 531 g/mol. The molecular weight excluding hydrogens is 486 g/mol. The smallest absolute Gasteiger partial charge is 0.264 e. The summed E-state index contributed by atoms with van der Waals surface area (Å²) in [5.74, 6) is 0.293. The van der Waals surface area contributed by atoms with Crippen LogP contribution >= 0.6 is 11.8 Å². The van der Waals surface area contributed by atoms with Gasteiger partial charge in [-0.1, -0.05) is 32.4 Å². The lowest BCUT2D eigenvalue weighted by Gasteiger charge is -2.30. The molecule has 2 fully saturated rings. The molecule has 1 saturated heterocycles. The van der Waals surface area contributed by atoms with Gasteiger partial charge in [0.05, 0.1) is 23.5 Å². The first-order valence-electron chi connectivity index (χ1n) is 12.1. The summed E-state index contributed by atoms with van der Waals surface area (Å²) in [5, 5.41) is 10.8. The third-order valence-electron chi connectivity index (χ3n) is 6.37. The predicted octanol–water partition coefficient (Wildman–Crippen LogP) is 2.65. The number of likely N-dealkylation sites (N-methyl/N-ethyl adjacent to an activating group) is 1. The standard InChI is InChI=1S/C14H25N3O3S.C10H20N2OS/c1-7-9-16-14(15)17-21(18,19)13(8-2)11(4)10(3)12(5)20-6;1-12-7-4-2-3-5-9(7)14-10(12)8(13)6-11/h8H,5,7,9H2,1-4,6H3,(H3,15,16,17);7-10,13H,2-6,11H2,1H3/b11-10-,13-8-;. The number of methoxy groups -OCH3 is 1. The summed E-state index contributed by atoms with van der Waals surface area (Å²) < 4.78 is 32.0. The number of aliphatic imine (C=N–C) groups is 1. The van der Waals surface area contributed by atoms with Gasteiger partial charge >= 0.3 is 0 Å². The van der Waals surface area contributed by atoms with Crippen molar-refractivity contribution in [2.75, 3.05) is 27.2 Å². The maximum atomic E-state index is 12.3. The average molecular weight is 532 g/mol. The summed E-state index contributed by atoms with van der Waals surface area (Å²) in [4.78, 5) is 6.38. The Morgan fingerprint density at radius 3 is 2.49 bits per heavy atom. The van der Waals surface area contributed by atoms with Crippen LogP contribution in [0.5, 0.6) is 0 Å². The number of sulfonamides is 1. The fraction of sp³-hybridized carbons (Fsp3) is 0.708. The molecule has 0 amide bonds. The quantitative estimate of drug-likeness (QED) is 0.154. The minimum atomic E-state index is -3.79. The SMILES string of the molecule is C=C(OC)/C(C)=C(C)\C(=C\C)S(=O)(=O)NC(N)=NCCC.CN1C2CCCCC2SC1C(O)CN. The summed E-state index contributed by atoms with van der Waals surface area (Å²) in [6, 6.07) is 0.681. The van der Waals surface area contributed by atoms with Crippen LogP contribution in [0, 0.1) is 0 Å². The lowest BCUT2D eigenvalue weighted by atomic mass is 9.94. The highest BCUT2D eigenvalue weighted by Gasteiger charge is 2.42. The fourth-order valence-corrected chi connectivity index (χ4v) is 7.35. The number of hydrogen-bond acceptors (Lipinski definition) is 8. The van der Waals surface area contributed by atoms with E-state index in [-0.39, 0.29) is 22.3 Å². The molecule has 1 aliphatic heterocycles. The molecule has 6 N–H and O–H groups in total. The lowest BCUT2D eigenvalue weighted by Crippen LogP contribution is -2.43. The van der Waals surface area contributed by atoms with Crippen molar-refractivity contribution < 1.29 is 18.3 Å². The molecule has 0 bridgehead atoms. The topological polar surface area (TPSA) is 143 Å². The predicted molar refractivity (Wildman–Crippen MR) is 147 cm³/mol. The fourth-order valence-electron chi connectivity index (χ4n) is 4.22. The van der Waals surface area contributed by atoms with Crippen molar-refractivity contribution in [1.29, 1.82) is 0 Å². The van der Waals surface area contributed by atoms with Crippen LogP contribution in [0.4, 0.5) is 0 Å². The first kappa shape index (κ1) is 31.5.